The fourth-order valence-corrected chi connectivity index (χ4v) is 2.15. The van der Waals surface area contributed by atoms with Crippen molar-refractivity contribution < 1.29 is 4.79 Å². The van der Waals surface area contributed by atoms with Crippen molar-refractivity contribution in [1.82, 2.24) is 4.90 Å². The number of nitrogens with zero attached hydrogens (tertiary/aromatic N) is 1. The number of carbonyl (C=O) groups is 1. The van der Waals surface area contributed by atoms with Crippen LogP contribution in [0.4, 0.5) is 16.2 Å². The smallest absolute Gasteiger partial charge is 0.321 e. The van der Waals surface area contributed by atoms with Gasteiger partial charge in [0.1, 0.15) is 0 Å². The Morgan fingerprint density at radius 1 is 1.44 bits per heavy atom. The van der Waals surface area contributed by atoms with Crippen LogP contribution in [0.2, 0.25) is 5.02 Å². The quantitative estimate of drug-likeness (QED) is 0.768. The molecule has 18 heavy (non-hydrogen) atoms. The van der Waals surface area contributed by atoms with E-state index in [1.54, 1.807) is 18.2 Å². The maximum Gasteiger partial charge on any atom is 0.321 e. The van der Waals surface area contributed by atoms with Gasteiger partial charge in [-0.15, -0.1) is 0 Å². The SMILES string of the molecule is CC1CCN(C(=O)Nc2ccc(Cl)c(N)c2)CC1. The van der Waals surface area contributed by atoms with E-state index in [1.807, 2.05) is 4.90 Å². The van der Waals surface area contributed by atoms with Gasteiger partial charge in [-0.2, -0.15) is 0 Å². The summed E-state index contributed by atoms with van der Waals surface area (Å²) in [6, 6.07) is 5.05. The largest absolute Gasteiger partial charge is 0.397 e. The van der Waals surface area contributed by atoms with Crippen molar-refractivity contribution in [1.29, 1.82) is 0 Å². The molecule has 2 amide bonds. The number of urea groups is 1. The van der Waals surface area contributed by atoms with Gasteiger partial charge in [0.25, 0.3) is 0 Å². The summed E-state index contributed by atoms with van der Waals surface area (Å²) in [7, 11) is 0. The molecule has 1 aliphatic heterocycles. The average molecular weight is 268 g/mol. The third-order valence-electron chi connectivity index (χ3n) is 3.32. The molecule has 1 aliphatic rings. The Morgan fingerprint density at radius 2 is 2.11 bits per heavy atom. The zero-order valence-corrected chi connectivity index (χ0v) is 11.2. The van der Waals surface area contributed by atoms with Crippen molar-refractivity contribution in [3.63, 3.8) is 0 Å². The molecule has 0 aromatic heterocycles. The van der Waals surface area contributed by atoms with E-state index in [4.69, 9.17) is 17.3 Å². The van der Waals surface area contributed by atoms with E-state index < -0.39 is 0 Å². The molecule has 0 saturated carbocycles. The summed E-state index contributed by atoms with van der Waals surface area (Å²) in [4.78, 5) is 13.8. The summed E-state index contributed by atoms with van der Waals surface area (Å²) < 4.78 is 0. The van der Waals surface area contributed by atoms with E-state index in [1.165, 1.54) is 0 Å². The molecular formula is C13H18ClN3O. The molecule has 2 rings (SSSR count). The van der Waals surface area contributed by atoms with Gasteiger partial charge in [-0.25, -0.2) is 4.79 Å². The lowest BCUT2D eigenvalue weighted by atomic mass is 10.00. The highest BCUT2D eigenvalue weighted by molar-refractivity contribution is 6.33. The highest BCUT2D eigenvalue weighted by Crippen LogP contribution is 2.23. The number of hydrogen-bond acceptors (Lipinski definition) is 2. The van der Waals surface area contributed by atoms with Crippen molar-refractivity contribution in [3.05, 3.63) is 23.2 Å². The summed E-state index contributed by atoms with van der Waals surface area (Å²) in [5.41, 5.74) is 6.85. The van der Waals surface area contributed by atoms with E-state index in [0.717, 1.165) is 25.9 Å². The molecule has 0 unspecified atom stereocenters. The van der Waals surface area contributed by atoms with Crippen molar-refractivity contribution in [2.75, 3.05) is 24.1 Å². The molecule has 1 fully saturated rings. The Hall–Kier alpha value is -1.42. The Bertz CT molecular complexity index is 442. The number of benzene rings is 1. The van der Waals surface area contributed by atoms with Crippen LogP contribution in [0.5, 0.6) is 0 Å². The molecular weight excluding hydrogens is 250 g/mol. The molecule has 0 radical (unpaired) electrons. The van der Waals surface area contributed by atoms with Crippen molar-refractivity contribution >= 4 is 29.0 Å². The minimum absolute atomic E-state index is 0.0661. The van der Waals surface area contributed by atoms with Crippen LogP contribution < -0.4 is 11.1 Å². The van der Waals surface area contributed by atoms with Gasteiger partial charge in [0, 0.05) is 18.8 Å². The lowest BCUT2D eigenvalue weighted by Crippen LogP contribution is -2.40. The Balaban J connectivity index is 1.96. The maximum absolute atomic E-state index is 12.0. The first-order valence-corrected chi connectivity index (χ1v) is 6.55. The van der Waals surface area contributed by atoms with Gasteiger partial charge in [0.05, 0.1) is 10.7 Å². The summed E-state index contributed by atoms with van der Waals surface area (Å²) in [6.45, 7) is 3.85. The number of anilines is 2. The number of hydrogen-bond donors (Lipinski definition) is 2. The molecule has 0 atom stereocenters. The summed E-state index contributed by atoms with van der Waals surface area (Å²) in [6.07, 6.45) is 2.13. The van der Waals surface area contributed by atoms with Crippen molar-refractivity contribution in [2.45, 2.75) is 19.8 Å². The molecule has 1 aromatic carbocycles. The van der Waals surface area contributed by atoms with Gasteiger partial charge in [-0.1, -0.05) is 18.5 Å². The summed E-state index contributed by atoms with van der Waals surface area (Å²) in [5, 5.41) is 3.34. The molecule has 4 nitrogen and oxygen atoms in total. The van der Waals surface area contributed by atoms with Crippen LogP contribution in [-0.4, -0.2) is 24.0 Å². The molecule has 1 saturated heterocycles. The topological polar surface area (TPSA) is 58.4 Å². The number of nitrogens with one attached hydrogen (secondary N) is 1. The Kier molecular flexibility index (Phi) is 3.97. The minimum atomic E-state index is -0.0661. The van der Waals surface area contributed by atoms with Gasteiger partial charge in [0.2, 0.25) is 0 Å². The van der Waals surface area contributed by atoms with Gasteiger partial charge in [-0.3, -0.25) is 0 Å². The van der Waals surface area contributed by atoms with Gasteiger partial charge >= 0.3 is 6.03 Å². The van der Waals surface area contributed by atoms with Crippen LogP contribution >= 0.6 is 11.6 Å². The number of rotatable bonds is 1. The first-order chi connectivity index (χ1) is 8.56. The van der Waals surface area contributed by atoms with Crippen molar-refractivity contribution in [3.8, 4) is 0 Å². The van der Waals surface area contributed by atoms with E-state index in [0.29, 0.717) is 22.3 Å². The summed E-state index contributed by atoms with van der Waals surface area (Å²) in [5.74, 6) is 0.709. The monoisotopic (exact) mass is 267 g/mol. The second-order valence-corrected chi connectivity index (χ2v) is 5.24. The van der Waals surface area contributed by atoms with E-state index in [9.17, 15) is 4.79 Å². The molecule has 3 N–H and O–H groups in total. The van der Waals surface area contributed by atoms with E-state index in [2.05, 4.69) is 12.2 Å². The zero-order chi connectivity index (χ0) is 13.1. The second-order valence-electron chi connectivity index (χ2n) is 4.84. The van der Waals surface area contributed by atoms with Gasteiger partial charge < -0.3 is 16.0 Å². The number of halogens is 1. The van der Waals surface area contributed by atoms with Gasteiger partial charge in [0.15, 0.2) is 0 Å². The first-order valence-electron chi connectivity index (χ1n) is 6.17. The number of likely N-dealkylation sites (tertiary alicyclic amines) is 1. The Morgan fingerprint density at radius 3 is 2.72 bits per heavy atom. The van der Waals surface area contributed by atoms with Crippen LogP contribution in [0, 0.1) is 5.92 Å². The van der Waals surface area contributed by atoms with E-state index >= 15 is 0 Å². The standard InChI is InChI=1S/C13H18ClN3O/c1-9-4-6-17(7-5-9)13(18)16-10-2-3-11(14)12(15)8-10/h2-3,8-9H,4-7,15H2,1H3,(H,16,18). The highest BCUT2D eigenvalue weighted by Gasteiger charge is 2.20. The lowest BCUT2D eigenvalue weighted by Gasteiger charge is -2.30. The molecule has 0 aliphatic carbocycles. The van der Waals surface area contributed by atoms with Crippen LogP contribution in [0.15, 0.2) is 18.2 Å². The number of piperidine rings is 1. The van der Waals surface area contributed by atoms with Crippen molar-refractivity contribution in [2.24, 2.45) is 5.92 Å². The van der Waals surface area contributed by atoms with E-state index in [-0.39, 0.29) is 6.03 Å². The predicted octanol–water partition coefficient (Wildman–Crippen LogP) is 3.19. The molecule has 5 heteroatoms. The minimum Gasteiger partial charge on any atom is -0.397 e. The van der Waals surface area contributed by atoms with Crippen LogP contribution in [0.3, 0.4) is 0 Å². The first kappa shape index (κ1) is 13.0. The molecule has 0 bridgehead atoms. The second kappa shape index (κ2) is 5.48. The lowest BCUT2D eigenvalue weighted by molar-refractivity contribution is 0.186. The average Bonchev–Trinajstić information content (AvgIpc) is 2.34. The highest BCUT2D eigenvalue weighted by atomic mass is 35.5. The van der Waals surface area contributed by atoms with Crippen LogP contribution in [0.1, 0.15) is 19.8 Å². The molecule has 1 aromatic rings. The Labute approximate surface area is 112 Å². The van der Waals surface area contributed by atoms with Gasteiger partial charge in [-0.05, 0) is 37.0 Å². The zero-order valence-electron chi connectivity index (χ0n) is 10.4. The number of carbonyl (C=O) groups excluding carboxylic acids is 1. The number of nitrogens with two attached hydrogens (primary N) is 1. The molecule has 0 spiro atoms. The fraction of sp³-hybridized carbons (Fsp3) is 0.462. The van der Waals surface area contributed by atoms with Crippen LogP contribution in [-0.2, 0) is 0 Å². The third-order valence-corrected chi connectivity index (χ3v) is 3.66. The number of amides is 2. The molecule has 98 valence electrons. The molecule has 1 heterocycles. The third kappa shape index (κ3) is 3.07. The summed E-state index contributed by atoms with van der Waals surface area (Å²) >= 11 is 5.83. The normalized spacial score (nSPS) is 16.7. The predicted molar refractivity (Wildman–Crippen MR) is 74.9 cm³/mol. The van der Waals surface area contributed by atoms with Crippen LogP contribution in [0.25, 0.3) is 0 Å². The number of nitrogen functional groups attached to an aromatic ring is 1. The maximum atomic E-state index is 12.0. The fourth-order valence-electron chi connectivity index (χ4n) is 2.04.